The second-order valence-electron chi connectivity index (χ2n) is 6.12. The van der Waals surface area contributed by atoms with E-state index in [1.807, 2.05) is 6.92 Å². The van der Waals surface area contributed by atoms with Crippen molar-refractivity contribution >= 4 is 12.1 Å². The summed E-state index contributed by atoms with van der Waals surface area (Å²) in [4.78, 5) is 25.1. The fraction of sp³-hybridized carbons (Fsp3) is 0.846. The van der Waals surface area contributed by atoms with Gasteiger partial charge in [-0.15, -0.1) is 0 Å². The summed E-state index contributed by atoms with van der Waals surface area (Å²) >= 11 is 0. The summed E-state index contributed by atoms with van der Waals surface area (Å²) in [7, 11) is 1.50. The zero-order chi connectivity index (χ0) is 14.8. The number of ether oxygens (including phenoxy) is 1. The van der Waals surface area contributed by atoms with E-state index in [9.17, 15) is 14.7 Å². The number of hydrogen-bond acceptors (Lipinski definition) is 4. The van der Waals surface area contributed by atoms with Crippen molar-refractivity contribution in [3.05, 3.63) is 0 Å². The largest absolute Gasteiger partial charge is 0.479 e. The molecular weight excluding hydrogens is 248 g/mol. The van der Waals surface area contributed by atoms with Crippen LogP contribution in [0.15, 0.2) is 0 Å². The Balaban J connectivity index is 2.99. The first-order valence-corrected chi connectivity index (χ1v) is 6.52. The number of nitrogens with zero attached hydrogens (tertiary/aromatic N) is 1. The van der Waals surface area contributed by atoms with Gasteiger partial charge in [0.15, 0.2) is 0 Å². The van der Waals surface area contributed by atoms with E-state index in [0.29, 0.717) is 19.5 Å². The molecule has 0 spiro atoms. The van der Waals surface area contributed by atoms with Crippen molar-refractivity contribution in [2.75, 3.05) is 20.1 Å². The van der Waals surface area contributed by atoms with Gasteiger partial charge in [0.25, 0.3) is 0 Å². The second kappa shape index (κ2) is 5.36. The van der Waals surface area contributed by atoms with Crippen LogP contribution in [0.3, 0.4) is 0 Å². The van der Waals surface area contributed by atoms with Crippen molar-refractivity contribution in [1.29, 1.82) is 0 Å². The van der Waals surface area contributed by atoms with Crippen molar-refractivity contribution in [3.8, 4) is 0 Å². The van der Waals surface area contributed by atoms with Crippen LogP contribution >= 0.6 is 0 Å². The maximum Gasteiger partial charge on any atom is 0.411 e. The van der Waals surface area contributed by atoms with Gasteiger partial charge >= 0.3 is 12.1 Å². The summed E-state index contributed by atoms with van der Waals surface area (Å²) in [5.41, 5.74) is -1.84. The molecule has 0 saturated carbocycles. The van der Waals surface area contributed by atoms with Crippen LogP contribution in [0.25, 0.3) is 0 Å². The molecule has 0 radical (unpaired) electrons. The molecule has 1 amide bonds. The third-order valence-corrected chi connectivity index (χ3v) is 3.58. The Morgan fingerprint density at radius 1 is 1.42 bits per heavy atom. The van der Waals surface area contributed by atoms with Crippen molar-refractivity contribution < 1.29 is 19.4 Å². The smallest absolute Gasteiger partial charge is 0.411 e. The normalized spacial score (nSPS) is 27.7. The summed E-state index contributed by atoms with van der Waals surface area (Å²) in [6, 6.07) is 0. The maximum atomic E-state index is 12.1. The number of carboxylic acid groups (broad SMARTS) is 1. The predicted molar refractivity (Wildman–Crippen MR) is 71.0 cm³/mol. The average Bonchev–Trinajstić information content (AvgIpc) is 2.26. The third kappa shape index (κ3) is 3.18. The molecule has 0 aromatic heterocycles. The van der Waals surface area contributed by atoms with Crippen LogP contribution in [0.4, 0.5) is 4.79 Å². The molecule has 6 nitrogen and oxygen atoms in total. The number of aliphatic carboxylic acids is 1. The lowest BCUT2D eigenvalue weighted by atomic mass is 9.78. The first kappa shape index (κ1) is 15.8. The Labute approximate surface area is 114 Å². The number of carbonyl (C=O) groups is 2. The molecule has 1 aliphatic rings. The summed E-state index contributed by atoms with van der Waals surface area (Å²) < 4.78 is 5.28. The molecule has 0 aromatic rings. The average molecular weight is 272 g/mol. The Kier molecular flexibility index (Phi) is 4.45. The Morgan fingerprint density at radius 2 is 2.00 bits per heavy atom. The molecule has 1 heterocycles. The highest BCUT2D eigenvalue weighted by molar-refractivity contribution is 5.85. The van der Waals surface area contributed by atoms with Gasteiger partial charge in [0.05, 0.1) is 0 Å². The molecule has 1 saturated heterocycles. The molecule has 1 fully saturated rings. The zero-order valence-electron chi connectivity index (χ0n) is 12.3. The van der Waals surface area contributed by atoms with Crippen LogP contribution < -0.4 is 5.32 Å². The highest BCUT2D eigenvalue weighted by Gasteiger charge is 2.51. The molecule has 1 rings (SSSR count). The minimum absolute atomic E-state index is 0.184. The van der Waals surface area contributed by atoms with E-state index in [0.717, 1.165) is 0 Å². The number of piperidine rings is 1. The number of nitrogens with one attached hydrogen (secondary N) is 1. The lowest BCUT2D eigenvalue weighted by Crippen LogP contribution is -2.65. The summed E-state index contributed by atoms with van der Waals surface area (Å²) in [5.74, 6) is -1.16. The molecule has 0 bridgehead atoms. The Morgan fingerprint density at radius 3 is 2.42 bits per heavy atom. The molecule has 19 heavy (non-hydrogen) atoms. The van der Waals surface area contributed by atoms with Gasteiger partial charge in [-0.1, -0.05) is 6.92 Å². The van der Waals surface area contributed by atoms with Gasteiger partial charge in [0, 0.05) is 19.5 Å². The monoisotopic (exact) mass is 272 g/mol. The molecule has 110 valence electrons. The third-order valence-electron chi connectivity index (χ3n) is 3.58. The minimum Gasteiger partial charge on any atom is -0.479 e. The van der Waals surface area contributed by atoms with Crippen molar-refractivity contribution in [2.24, 2.45) is 5.92 Å². The number of carbonyl (C=O) groups excluding carboxylic acids is 1. The topological polar surface area (TPSA) is 78.9 Å². The molecule has 6 heteroatoms. The van der Waals surface area contributed by atoms with E-state index in [2.05, 4.69) is 5.32 Å². The quantitative estimate of drug-likeness (QED) is 0.792. The van der Waals surface area contributed by atoms with E-state index < -0.39 is 23.2 Å². The van der Waals surface area contributed by atoms with Gasteiger partial charge in [-0.25, -0.2) is 9.59 Å². The number of rotatable bonds is 2. The fourth-order valence-corrected chi connectivity index (χ4v) is 2.47. The minimum atomic E-state index is -1.20. The SMILES string of the molecule is CC1CNCCC1(C(=O)O)N(C)C(=O)OC(C)(C)C. The van der Waals surface area contributed by atoms with Gasteiger partial charge in [0.2, 0.25) is 0 Å². The predicted octanol–water partition coefficient (Wildman–Crippen LogP) is 1.31. The van der Waals surface area contributed by atoms with E-state index in [1.165, 1.54) is 11.9 Å². The van der Waals surface area contributed by atoms with Crippen LogP contribution in [0.1, 0.15) is 34.1 Å². The van der Waals surface area contributed by atoms with Crippen molar-refractivity contribution in [2.45, 2.75) is 45.3 Å². The summed E-state index contributed by atoms with van der Waals surface area (Å²) in [6.45, 7) is 8.26. The van der Waals surface area contributed by atoms with Gasteiger partial charge in [-0.2, -0.15) is 0 Å². The van der Waals surface area contributed by atoms with Crippen LogP contribution in [0.5, 0.6) is 0 Å². The summed E-state index contributed by atoms with van der Waals surface area (Å²) in [6.07, 6.45) is -0.220. The molecule has 0 aliphatic carbocycles. The Bertz CT molecular complexity index is 364. The number of amides is 1. The molecular formula is C13H24N2O4. The van der Waals surface area contributed by atoms with Crippen LogP contribution in [-0.4, -0.2) is 53.3 Å². The van der Waals surface area contributed by atoms with Gasteiger partial charge in [-0.3, -0.25) is 4.90 Å². The molecule has 2 N–H and O–H groups in total. The van der Waals surface area contributed by atoms with E-state index in [-0.39, 0.29) is 5.92 Å². The summed E-state index contributed by atoms with van der Waals surface area (Å²) in [5, 5.41) is 12.7. The van der Waals surface area contributed by atoms with Gasteiger partial charge < -0.3 is 15.2 Å². The zero-order valence-corrected chi connectivity index (χ0v) is 12.3. The lowest BCUT2D eigenvalue weighted by molar-refractivity contribution is -0.155. The standard InChI is InChI=1S/C13H24N2O4/c1-9-8-14-7-6-13(9,10(16)17)15(5)11(18)19-12(2,3)4/h9,14H,6-8H2,1-5H3,(H,16,17). The van der Waals surface area contributed by atoms with E-state index in [1.54, 1.807) is 20.8 Å². The van der Waals surface area contributed by atoms with Crippen molar-refractivity contribution in [1.82, 2.24) is 10.2 Å². The Hall–Kier alpha value is -1.30. The molecule has 0 aromatic carbocycles. The highest BCUT2D eigenvalue weighted by Crippen LogP contribution is 2.31. The fourth-order valence-electron chi connectivity index (χ4n) is 2.47. The molecule has 1 aliphatic heterocycles. The number of carboxylic acids is 1. The molecule has 2 unspecified atom stereocenters. The number of likely N-dealkylation sites (N-methyl/N-ethyl adjacent to an activating group) is 1. The maximum absolute atomic E-state index is 12.1. The van der Waals surface area contributed by atoms with Gasteiger partial charge in [-0.05, 0) is 33.7 Å². The lowest BCUT2D eigenvalue weighted by Gasteiger charge is -2.45. The first-order valence-electron chi connectivity index (χ1n) is 6.52. The van der Waals surface area contributed by atoms with Crippen LogP contribution in [0, 0.1) is 5.92 Å². The second-order valence-corrected chi connectivity index (χ2v) is 6.12. The van der Waals surface area contributed by atoms with E-state index >= 15 is 0 Å². The van der Waals surface area contributed by atoms with Crippen LogP contribution in [0.2, 0.25) is 0 Å². The highest BCUT2D eigenvalue weighted by atomic mass is 16.6. The molecule has 2 atom stereocenters. The van der Waals surface area contributed by atoms with Crippen LogP contribution in [-0.2, 0) is 9.53 Å². The first-order chi connectivity index (χ1) is 8.61. The van der Waals surface area contributed by atoms with Gasteiger partial charge in [0.1, 0.15) is 11.1 Å². The number of hydrogen-bond donors (Lipinski definition) is 2. The van der Waals surface area contributed by atoms with E-state index in [4.69, 9.17) is 4.74 Å². The van der Waals surface area contributed by atoms with Crippen molar-refractivity contribution in [3.63, 3.8) is 0 Å².